The number of ether oxygens (including phenoxy) is 1. The van der Waals surface area contributed by atoms with Crippen molar-refractivity contribution in [1.29, 1.82) is 0 Å². The minimum absolute atomic E-state index is 0.218. The summed E-state index contributed by atoms with van der Waals surface area (Å²) in [5.41, 5.74) is 0. The van der Waals surface area contributed by atoms with E-state index in [4.69, 9.17) is 4.74 Å². The van der Waals surface area contributed by atoms with Crippen molar-refractivity contribution >= 4 is 11.9 Å². The summed E-state index contributed by atoms with van der Waals surface area (Å²) in [5.74, 6) is 0.294. The van der Waals surface area contributed by atoms with Crippen molar-refractivity contribution in [3.63, 3.8) is 0 Å². The third-order valence-electron chi connectivity index (χ3n) is 4.51. The van der Waals surface area contributed by atoms with E-state index in [1.54, 1.807) is 0 Å². The molecule has 20 heavy (non-hydrogen) atoms. The zero-order chi connectivity index (χ0) is 14.4. The number of amides is 1. The number of carbonyl (C=O) groups excluding carboxylic acids is 2. The number of nitrogens with zero attached hydrogens (tertiary/aromatic N) is 1. The first-order valence-corrected chi connectivity index (χ1v) is 8.09. The lowest BCUT2D eigenvalue weighted by atomic mass is 9.95. The van der Waals surface area contributed by atoms with Gasteiger partial charge in [-0.3, -0.25) is 9.59 Å². The van der Waals surface area contributed by atoms with Gasteiger partial charge in [0.1, 0.15) is 0 Å². The molecular weight excluding hydrogens is 254 g/mol. The Balaban J connectivity index is 1.95. The molecule has 0 aromatic rings. The average Bonchev–Trinajstić information content (AvgIpc) is 3.24. The predicted octanol–water partition coefficient (Wildman–Crippen LogP) is 2.90. The summed E-state index contributed by atoms with van der Waals surface area (Å²) < 4.78 is 4.71. The van der Waals surface area contributed by atoms with Gasteiger partial charge in [-0.05, 0) is 25.7 Å². The van der Waals surface area contributed by atoms with Gasteiger partial charge in [-0.2, -0.15) is 0 Å². The highest BCUT2D eigenvalue weighted by molar-refractivity contribution is 5.82. The molecule has 0 unspecified atom stereocenters. The molecule has 0 N–H and O–H groups in total. The topological polar surface area (TPSA) is 46.6 Å². The predicted molar refractivity (Wildman–Crippen MR) is 77.2 cm³/mol. The number of carbonyl (C=O) groups is 2. The summed E-state index contributed by atoms with van der Waals surface area (Å²) in [6, 6.07) is 0.341. The maximum Gasteiger partial charge on any atom is 0.307 e. The minimum Gasteiger partial charge on any atom is -0.469 e. The third kappa shape index (κ3) is 4.50. The summed E-state index contributed by atoms with van der Waals surface area (Å²) in [4.78, 5) is 25.8. The molecule has 0 aliphatic heterocycles. The second kappa shape index (κ2) is 7.65. The van der Waals surface area contributed by atoms with Crippen molar-refractivity contribution in [3.8, 4) is 0 Å². The van der Waals surface area contributed by atoms with Crippen molar-refractivity contribution in [1.82, 2.24) is 4.90 Å². The van der Waals surface area contributed by atoms with Crippen LogP contribution >= 0.6 is 0 Å². The average molecular weight is 281 g/mol. The van der Waals surface area contributed by atoms with Crippen molar-refractivity contribution in [2.45, 2.75) is 70.3 Å². The van der Waals surface area contributed by atoms with Gasteiger partial charge in [0.2, 0.25) is 5.91 Å². The Kier molecular flexibility index (Phi) is 5.86. The van der Waals surface area contributed by atoms with Gasteiger partial charge in [-0.25, -0.2) is 0 Å². The van der Waals surface area contributed by atoms with E-state index in [0.29, 0.717) is 19.0 Å². The van der Waals surface area contributed by atoms with Crippen LogP contribution in [0.2, 0.25) is 0 Å². The van der Waals surface area contributed by atoms with E-state index in [-0.39, 0.29) is 17.8 Å². The van der Waals surface area contributed by atoms with E-state index >= 15 is 0 Å². The monoisotopic (exact) mass is 281 g/mol. The highest BCUT2D eigenvalue weighted by Crippen LogP contribution is 2.33. The molecule has 2 rings (SSSR count). The van der Waals surface area contributed by atoms with Crippen molar-refractivity contribution < 1.29 is 14.3 Å². The summed E-state index contributed by atoms with van der Waals surface area (Å²) >= 11 is 0. The second-order valence-electron chi connectivity index (χ2n) is 6.13. The second-order valence-corrected chi connectivity index (χ2v) is 6.13. The zero-order valence-electron chi connectivity index (χ0n) is 12.6. The first-order valence-electron chi connectivity index (χ1n) is 8.09. The molecule has 0 aromatic heterocycles. The van der Waals surface area contributed by atoms with Gasteiger partial charge in [0.05, 0.1) is 13.5 Å². The van der Waals surface area contributed by atoms with E-state index in [9.17, 15) is 9.59 Å². The molecule has 4 heteroatoms. The number of esters is 1. The molecule has 2 aliphatic rings. The van der Waals surface area contributed by atoms with Gasteiger partial charge in [-0.1, -0.05) is 32.1 Å². The van der Waals surface area contributed by atoms with Crippen LogP contribution in [0.1, 0.15) is 64.2 Å². The molecule has 2 aliphatic carbocycles. The maximum absolute atomic E-state index is 12.5. The van der Waals surface area contributed by atoms with Crippen LogP contribution in [0.25, 0.3) is 0 Å². The first-order chi connectivity index (χ1) is 9.72. The van der Waals surface area contributed by atoms with E-state index in [1.165, 1.54) is 39.2 Å². The maximum atomic E-state index is 12.5. The van der Waals surface area contributed by atoms with Crippen LogP contribution in [0, 0.1) is 5.92 Å². The Morgan fingerprint density at radius 2 is 1.60 bits per heavy atom. The highest BCUT2D eigenvalue weighted by atomic mass is 16.5. The largest absolute Gasteiger partial charge is 0.469 e. The van der Waals surface area contributed by atoms with E-state index in [2.05, 4.69) is 0 Å². The van der Waals surface area contributed by atoms with Gasteiger partial charge in [0.25, 0.3) is 0 Å². The van der Waals surface area contributed by atoms with Crippen LogP contribution in [0.5, 0.6) is 0 Å². The molecule has 2 saturated carbocycles. The molecule has 0 saturated heterocycles. The van der Waals surface area contributed by atoms with Crippen LogP contribution in [-0.2, 0) is 14.3 Å². The molecule has 0 radical (unpaired) electrons. The van der Waals surface area contributed by atoms with Gasteiger partial charge in [-0.15, -0.1) is 0 Å². The van der Waals surface area contributed by atoms with Gasteiger partial charge in [0.15, 0.2) is 0 Å². The Bertz CT molecular complexity index is 331. The molecule has 0 atom stereocenters. The lowest BCUT2D eigenvalue weighted by molar-refractivity contribution is -0.142. The lowest BCUT2D eigenvalue weighted by Crippen LogP contribution is -2.43. The van der Waals surface area contributed by atoms with Gasteiger partial charge in [0, 0.05) is 18.5 Å². The quantitative estimate of drug-likeness (QED) is 0.728. The molecule has 2 fully saturated rings. The third-order valence-corrected chi connectivity index (χ3v) is 4.51. The molecule has 0 spiro atoms. The van der Waals surface area contributed by atoms with Crippen LogP contribution in [0.15, 0.2) is 0 Å². The fourth-order valence-corrected chi connectivity index (χ4v) is 3.10. The minimum atomic E-state index is -0.218. The molecule has 4 nitrogen and oxygen atoms in total. The fourth-order valence-electron chi connectivity index (χ4n) is 3.10. The smallest absolute Gasteiger partial charge is 0.307 e. The standard InChI is InChI=1S/C16H27NO3/c1-20-15(18)11-12-17(16(19)13-9-10-13)14-7-5-3-2-4-6-8-14/h13-14H,2-12H2,1H3. The molecular formula is C16H27NO3. The molecule has 0 heterocycles. The van der Waals surface area contributed by atoms with E-state index < -0.39 is 0 Å². The van der Waals surface area contributed by atoms with Gasteiger partial charge < -0.3 is 9.64 Å². The Hall–Kier alpha value is -1.06. The first kappa shape index (κ1) is 15.3. The summed E-state index contributed by atoms with van der Waals surface area (Å²) in [5, 5.41) is 0. The Labute approximate surface area is 121 Å². The molecule has 0 bridgehead atoms. The normalized spacial score (nSPS) is 20.9. The van der Waals surface area contributed by atoms with E-state index in [1.807, 2.05) is 4.90 Å². The SMILES string of the molecule is COC(=O)CCN(C(=O)C1CC1)C1CCCCCCC1. The summed E-state index contributed by atoms with van der Waals surface area (Å²) in [6.45, 7) is 0.534. The van der Waals surface area contributed by atoms with Gasteiger partial charge >= 0.3 is 5.97 Å². The Morgan fingerprint density at radius 3 is 2.15 bits per heavy atom. The number of hydrogen-bond donors (Lipinski definition) is 0. The summed E-state index contributed by atoms with van der Waals surface area (Å²) in [6.07, 6.45) is 10.9. The van der Waals surface area contributed by atoms with Crippen LogP contribution in [-0.4, -0.2) is 36.5 Å². The number of rotatable bonds is 5. The van der Waals surface area contributed by atoms with Crippen LogP contribution in [0.4, 0.5) is 0 Å². The molecule has 1 amide bonds. The van der Waals surface area contributed by atoms with Crippen LogP contribution < -0.4 is 0 Å². The number of methoxy groups -OCH3 is 1. The van der Waals surface area contributed by atoms with Crippen molar-refractivity contribution in [3.05, 3.63) is 0 Å². The zero-order valence-corrected chi connectivity index (χ0v) is 12.6. The van der Waals surface area contributed by atoms with Crippen molar-refractivity contribution in [2.75, 3.05) is 13.7 Å². The fraction of sp³-hybridized carbons (Fsp3) is 0.875. The molecule has 0 aromatic carbocycles. The number of hydrogen-bond acceptors (Lipinski definition) is 3. The highest BCUT2D eigenvalue weighted by Gasteiger charge is 2.36. The Morgan fingerprint density at radius 1 is 1.00 bits per heavy atom. The van der Waals surface area contributed by atoms with E-state index in [0.717, 1.165) is 25.7 Å². The molecule has 114 valence electrons. The summed E-state index contributed by atoms with van der Waals surface area (Å²) in [7, 11) is 1.41. The van der Waals surface area contributed by atoms with Crippen molar-refractivity contribution in [2.24, 2.45) is 5.92 Å². The van der Waals surface area contributed by atoms with Crippen LogP contribution in [0.3, 0.4) is 0 Å². The lowest BCUT2D eigenvalue weighted by Gasteiger charge is -2.33.